The molecule has 0 aromatic carbocycles. The van der Waals surface area contributed by atoms with E-state index in [0.29, 0.717) is 17.4 Å². The summed E-state index contributed by atoms with van der Waals surface area (Å²) in [5.41, 5.74) is 1.52. The summed E-state index contributed by atoms with van der Waals surface area (Å²) < 4.78 is 4.92. The molecule has 2 N–H and O–H groups in total. The van der Waals surface area contributed by atoms with Crippen LogP contribution in [0.1, 0.15) is 20.9 Å². The van der Waals surface area contributed by atoms with Crippen molar-refractivity contribution in [2.75, 3.05) is 5.32 Å². The minimum Gasteiger partial charge on any atom is -0.477 e. The molecule has 2 rings (SSSR count). The van der Waals surface area contributed by atoms with Gasteiger partial charge in [-0.25, -0.2) is 9.78 Å². The van der Waals surface area contributed by atoms with Crippen molar-refractivity contribution in [2.45, 2.75) is 13.5 Å². The van der Waals surface area contributed by atoms with Gasteiger partial charge in [0.15, 0.2) is 5.13 Å². The number of furan rings is 1. The molecular weight excluding hydrogens is 228 g/mol. The van der Waals surface area contributed by atoms with E-state index in [0.717, 1.165) is 16.9 Å². The van der Waals surface area contributed by atoms with E-state index in [-0.39, 0.29) is 4.88 Å². The lowest BCUT2D eigenvalue weighted by atomic mass is 10.3. The summed E-state index contributed by atoms with van der Waals surface area (Å²) in [6.07, 6.45) is 3.22. The van der Waals surface area contributed by atoms with Crippen LogP contribution >= 0.6 is 11.3 Å². The minimum absolute atomic E-state index is 0.273. The quantitative estimate of drug-likeness (QED) is 0.855. The second-order valence-electron chi connectivity index (χ2n) is 3.22. The van der Waals surface area contributed by atoms with Gasteiger partial charge in [0, 0.05) is 12.1 Å². The van der Waals surface area contributed by atoms with Crippen LogP contribution in [0, 0.1) is 6.92 Å². The van der Waals surface area contributed by atoms with Crippen LogP contribution in [0.3, 0.4) is 0 Å². The van der Waals surface area contributed by atoms with Crippen LogP contribution < -0.4 is 5.32 Å². The zero-order valence-electron chi connectivity index (χ0n) is 8.56. The van der Waals surface area contributed by atoms with Crippen LogP contribution in [-0.2, 0) is 6.54 Å². The molecule has 2 heterocycles. The molecule has 84 valence electrons. The molecule has 0 atom stereocenters. The second kappa shape index (κ2) is 4.36. The zero-order valence-corrected chi connectivity index (χ0v) is 9.37. The smallest absolute Gasteiger partial charge is 0.347 e. The predicted octanol–water partition coefficient (Wildman–Crippen LogP) is 2.35. The molecule has 0 saturated carbocycles. The fourth-order valence-corrected chi connectivity index (χ4v) is 2.04. The number of carboxylic acid groups (broad SMARTS) is 1. The minimum atomic E-state index is -0.939. The maximum absolute atomic E-state index is 10.8. The van der Waals surface area contributed by atoms with Gasteiger partial charge in [-0.05, 0) is 13.0 Å². The van der Waals surface area contributed by atoms with E-state index in [4.69, 9.17) is 9.52 Å². The SMILES string of the molecule is Cc1nc(NCc2ccoc2)sc1C(=O)O. The number of aryl methyl sites for hydroxylation is 1. The number of nitrogens with zero attached hydrogens (tertiary/aromatic N) is 1. The van der Waals surface area contributed by atoms with Crippen molar-refractivity contribution >= 4 is 22.4 Å². The van der Waals surface area contributed by atoms with Crippen molar-refractivity contribution in [3.8, 4) is 0 Å². The van der Waals surface area contributed by atoms with Crippen molar-refractivity contribution in [2.24, 2.45) is 0 Å². The first-order valence-electron chi connectivity index (χ1n) is 4.62. The highest BCUT2D eigenvalue weighted by Gasteiger charge is 2.13. The summed E-state index contributed by atoms with van der Waals surface area (Å²) in [5, 5.41) is 12.5. The van der Waals surface area contributed by atoms with Crippen molar-refractivity contribution in [3.63, 3.8) is 0 Å². The number of aromatic carboxylic acids is 1. The lowest BCUT2D eigenvalue weighted by molar-refractivity contribution is 0.0701. The van der Waals surface area contributed by atoms with Gasteiger partial charge in [-0.2, -0.15) is 0 Å². The predicted molar refractivity (Wildman–Crippen MR) is 59.8 cm³/mol. The first-order chi connectivity index (χ1) is 7.66. The Morgan fingerprint density at radius 1 is 1.69 bits per heavy atom. The Labute approximate surface area is 95.7 Å². The number of hydrogen-bond acceptors (Lipinski definition) is 5. The number of anilines is 1. The van der Waals surface area contributed by atoms with Crippen molar-refractivity contribution in [3.05, 3.63) is 34.7 Å². The molecule has 16 heavy (non-hydrogen) atoms. The summed E-state index contributed by atoms with van der Waals surface area (Å²) in [5.74, 6) is -0.939. The number of thiazole rings is 1. The van der Waals surface area contributed by atoms with Crippen LogP contribution in [0.15, 0.2) is 23.0 Å². The highest BCUT2D eigenvalue weighted by Crippen LogP contribution is 2.22. The molecule has 2 aromatic rings. The van der Waals surface area contributed by atoms with Crippen LogP contribution in [0.25, 0.3) is 0 Å². The lowest BCUT2D eigenvalue weighted by Gasteiger charge is -1.97. The molecule has 2 aromatic heterocycles. The summed E-state index contributed by atoms with van der Waals surface area (Å²) in [6, 6.07) is 1.84. The molecule has 0 fully saturated rings. The van der Waals surface area contributed by atoms with Gasteiger partial charge in [0.2, 0.25) is 0 Å². The first kappa shape index (κ1) is 10.7. The molecule has 0 bridgehead atoms. The molecule has 0 saturated heterocycles. The van der Waals surface area contributed by atoms with E-state index in [2.05, 4.69) is 10.3 Å². The number of carbonyl (C=O) groups is 1. The maximum atomic E-state index is 10.8. The fraction of sp³-hybridized carbons (Fsp3) is 0.200. The highest BCUT2D eigenvalue weighted by atomic mass is 32.1. The summed E-state index contributed by atoms with van der Waals surface area (Å²) >= 11 is 1.14. The normalized spacial score (nSPS) is 10.3. The average molecular weight is 238 g/mol. The third kappa shape index (κ3) is 2.22. The van der Waals surface area contributed by atoms with Crippen molar-refractivity contribution in [1.82, 2.24) is 4.98 Å². The third-order valence-corrected chi connectivity index (χ3v) is 3.12. The van der Waals surface area contributed by atoms with E-state index in [9.17, 15) is 4.79 Å². The van der Waals surface area contributed by atoms with Gasteiger partial charge in [0.05, 0.1) is 18.2 Å². The first-order valence-corrected chi connectivity index (χ1v) is 5.44. The zero-order chi connectivity index (χ0) is 11.5. The van der Waals surface area contributed by atoms with Crippen LogP contribution in [0.5, 0.6) is 0 Å². The molecule has 5 nitrogen and oxygen atoms in total. The Kier molecular flexibility index (Phi) is 2.91. The molecule has 0 aliphatic carbocycles. The van der Waals surface area contributed by atoms with Crippen LogP contribution in [0.2, 0.25) is 0 Å². The van der Waals surface area contributed by atoms with Crippen LogP contribution in [-0.4, -0.2) is 16.1 Å². The van der Waals surface area contributed by atoms with Gasteiger partial charge >= 0.3 is 5.97 Å². The van der Waals surface area contributed by atoms with Gasteiger partial charge in [-0.3, -0.25) is 0 Å². The highest BCUT2D eigenvalue weighted by molar-refractivity contribution is 7.17. The Hall–Kier alpha value is -1.82. The monoisotopic (exact) mass is 238 g/mol. The van der Waals surface area contributed by atoms with E-state index in [1.165, 1.54) is 0 Å². The molecule has 0 amide bonds. The molecule has 0 aliphatic heterocycles. The molecule has 6 heteroatoms. The molecule has 0 spiro atoms. The number of nitrogens with one attached hydrogen (secondary N) is 1. The number of aromatic nitrogens is 1. The maximum Gasteiger partial charge on any atom is 0.347 e. The van der Waals surface area contributed by atoms with Gasteiger partial charge in [0.1, 0.15) is 4.88 Å². The number of rotatable bonds is 4. The lowest BCUT2D eigenvalue weighted by Crippen LogP contribution is -1.97. The summed E-state index contributed by atoms with van der Waals surface area (Å²) in [4.78, 5) is 15.2. The average Bonchev–Trinajstić information content (AvgIpc) is 2.83. The Morgan fingerprint density at radius 2 is 2.50 bits per heavy atom. The van der Waals surface area contributed by atoms with E-state index >= 15 is 0 Å². The summed E-state index contributed by atoms with van der Waals surface area (Å²) in [7, 11) is 0. The topological polar surface area (TPSA) is 75.4 Å². The number of hydrogen-bond donors (Lipinski definition) is 2. The van der Waals surface area contributed by atoms with Gasteiger partial charge in [-0.1, -0.05) is 11.3 Å². The van der Waals surface area contributed by atoms with E-state index in [1.54, 1.807) is 19.5 Å². The molecule has 0 radical (unpaired) electrons. The second-order valence-corrected chi connectivity index (χ2v) is 4.22. The Morgan fingerprint density at radius 3 is 3.06 bits per heavy atom. The number of carboxylic acids is 1. The third-order valence-electron chi connectivity index (χ3n) is 2.01. The van der Waals surface area contributed by atoms with Gasteiger partial charge in [-0.15, -0.1) is 0 Å². The molecule has 0 aliphatic rings. The van der Waals surface area contributed by atoms with Gasteiger partial charge in [0.25, 0.3) is 0 Å². The standard InChI is InChI=1S/C10H10N2O3S/c1-6-8(9(13)14)16-10(12-6)11-4-7-2-3-15-5-7/h2-3,5H,4H2,1H3,(H,11,12)(H,13,14). The fourth-order valence-electron chi connectivity index (χ4n) is 1.24. The Balaban J connectivity index is 2.05. The van der Waals surface area contributed by atoms with E-state index < -0.39 is 5.97 Å². The largest absolute Gasteiger partial charge is 0.477 e. The summed E-state index contributed by atoms with van der Waals surface area (Å²) in [6.45, 7) is 2.26. The van der Waals surface area contributed by atoms with E-state index in [1.807, 2.05) is 6.07 Å². The van der Waals surface area contributed by atoms with Crippen LogP contribution in [0.4, 0.5) is 5.13 Å². The van der Waals surface area contributed by atoms with Gasteiger partial charge < -0.3 is 14.8 Å². The van der Waals surface area contributed by atoms with Crippen molar-refractivity contribution in [1.29, 1.82) is 0 Å². The molecular formula is C10H10N2O3S. The Bertz CT molecular complexity index is 490. The van der Waals surface area contributed by atoms with Crippen molar-refractivity contribution < 1.29 is 14.3 Å². The molecule has 0 unspecified atom stereocenters.